The van der Waals surface area contributed by atoms with E-state index in [9.17, 15) is 4.79 Å². The highest BCUT2D eigenvalue weighted by molar-refractivity contribution is 5.72. The van der Waals surface area contributed by atoms with Crippen molar-refractivity contribution in [1.82, 2.24) is 4.90 Å². The fourth-order valence-corrected chi connectivity index (χ4v) is 2.76. The van der Waals surface area contributed by atoms with Crippen LogP contribution in [0, 0.1) is 5.92 Å². The van der Waals surface area contributed by atoms with E-state index < -0.39 is 0 Å². The van der Waals surface area contributed by atoms with Crippen molar-refractivity contribution in [1.29, 1.82) is 0 Å². The quantitative estimate of drug-likeness (QED) is 0.610. The third-order valence-electron chi connectivity index (χ3n) is 4.12. The molecule has 0 aliphatic carbocycles. The first-order chi connectivity index (χ1) is 12.6. The monoisotopic (exact) mass is 357 g/mol. The van der Waals surface area contributed by atoms with Crippen molar-refractivity contribution in [2.24, 2.45) is 5.92 Å². The number of para-hydroxylation sites is 2. The molecule has 0 spiro atoms. The molecule has 0 amide bonds. The Balaban J connectivity index is 1.97. The van der Waals surface area contributed by atoms with Gasteiger partial charge in [-0.05, 0) is 17.7 Å². The summed E-state index contributed by atoms with van der Waals surface area (Å²) in [5.74, 6) is 1.03. The first kappa shape index (κ1) is 19.8. The summed E-state index contributed by atoms with van der Waals surface area (Å²) in [7, 11) is 3.05. The van der Waals surface area contributed by atoms with E-state index in [-0.39, 0.29) is 11.9 Å². The highest BCUT2D eigenvalue weighted by Crippen LogP contribution is 2.25. The first-order valence-corrected chi connectivity index (χ1v) is 8.74. The molecule has 0 aliphatic rings. The Morgan fingerprint density at radius 2 is 1.65 bits per heavy atom. The van der Waals surface area contributed by atoms with E-state index in [0.29, 0.717) is 25.4 Å². The van der Waals surface area contributed by atoms with Crippen LogP contribution >= 0.6 is 0 Å². The summed E-state index contributed by atoms with van der Waals surface area (Å²) in [6.45, 7) is 4.43. The minimum Gasteiger partial charge on any atom is -0.493 e. The summed E-state index contributed by atoms with van der Waals surface area (Å²) < 4.78 is 16.0. The fourth-order valence-electron chi connectivity index (χ4n) is 2.76. The number of nitrogens with zero attached hydrogens (tertiary/aromatic N) is 1. The number of carbonyl (C=O) groups excluding carboxylic acids is 1. The summed E-state index contributed by atoms with van der Waals surface area (Å²) in [6.07, 6.45) is 0. The number of rotatable bonds is 10. The third-order valence-corrected chi connectivity index (χ3v) is 4.12. The lowest BCUT2D eigenvalue weighted by Crippen LogP contribution is -2.35. The highest BCUT2D eigenvalue weighted by Gasteiger charge is 2.18. The van der Waals surface area contributed by atoms with Crippen molar-refractivity contribution in [3.05, 3.63) is 60.2 Å². The molecular formula is C21H27NO4. The largest absolute Gasteiger partial charge is 0.493 e. The van der Waals surface area contributed by atoms with Gasteiger partial charge < -0.3 is 14.2 Å². The topological polar surface area (TPSA) is 48.0 Å². The van der Waals surface area contributed by atoms with Crippen LogP contribution in [0.1, 0.15) is 12.5 Å². The lowest BCUT2D eigenvalue weighted by atomic mass is 10.1. The molecule has 0 aliphatic heterocycles. The van der Waals surface area contributed by atoms with E-state index in [1.807, 2.05) is 49.4 Å². The molecular weight excluding hydrogens is 330 g/mol. The van der Waals surface area contributed by atoms with Gasteiger partial charge in [0.05, 0.1) is 20.1 Å². The molecule has 0 saturated carbocycles. The van der Waals surface area contributed by atoms with Gasteiger partial charge in [-0.1, -0.05) is 49.4 Å². The van der Waals surface area contributed by atoms with Gasteiger partial charge in [-0.3, -0.25) is 9.69 Å². The molecule has 0 bridgehead atoms. The molecule has 0 fully saturated rings. The maximum atomic E-state index is 11.8. The number of esters is 1. The van der Waals surface area contributed by atoms with Crippen molar-refractivity contribution in [3.63, 3.8) is 0 Å². The second kappa shape index (κ2) is 10.5. The molecule has 2 aromatic rings. The Morgan fingerprint density at radius 3 is 2.31 bits per heavy atom. The van der Waals surface area contributed by atoms with Crippen LogP contribution in [0.25, 0.3) is 0 Å². The average Bonchev–Trinajstić information content (AvgIpc) is 2.68. The maximum absolute atomic E-state index is 11.8. The molecule has 0 saturated heterocycles. The Kier molecular flexibility index (Phi) is 7.96. The molecule has 2 aromatic carbocycles. The molecule has 26 heavy (non-hydrogen) atoms. The molecule has 0 aromatic heterocycles. The van der Waals surface area contributed by atoms with Crippen molar-refractivity contribution in [3.8, 4) is 11.5 Å². The predicted molar refractivity (Wildman–Crippen MR) is 101 cm³/mol. The van der Waals surface area contributed by atoms with Crippen LogP contribution in [0.5, 0.6) is 11.5 Å². The zero-order valence-electron chi connectivity index (χ0n) is 15.7. The standard InChI is InChI=1S/C21H27NO4/c1-17(21(23)25-3)15-22(16-18-9-5-4-6-10-18)13-14-26-20-12-8-7-11-19(20)24-2/h4-12,17H,13-16H2,1-3H3. The second-order valence-electron chi connectivity index (χ2n) is 6.14. The highest BCUT2D eigenvalue weighted by atomic mass is 16.5. The molecule has 0 radical (unpaired) electrons. The zero-order valence-corrected chi connectivity index (χ0v) is 15.7. The van der Waals surface area contributed by atoms with Gasteiger partial charge in [-0.15, -0.1) is 0 Å². The Hall–Kier alpha value is -2.53. The SMILES string of the molecule is COC(=O)C(C)CN(CCOc1ccccc1OC)Cc1ccccc1. The van der Waals surface area contributed by atoms with Crippen molar-refractivity contribution < 1.29 is 19.0 Å². The fraction of sp³-hybridized carbons (Fsp3) is 0.381. The molecule has 1 unspecified atom stereocenters. The Bertz CT molecular complexity index is 675. The first-order valence-electron chi connectivity index (χ1n) is 8.74. The number of benzene rings is 2. The molecule has 2 rings (SSSR count). The third kappa shape index (κ3) is 6.08. The van der Waals surface area contributed by atoms with Gasteiger partial charge in [-0.25, -0.2) is 0 Å². The van der Waals surface area contributed by atoms with Crippen LogP contribution in [0.15, 0.2) is 54.6 Å². The van der Waals surface area contributed by atoms with E-state index in [1.54, 1.807) is 7.11 Å². The second-order valence-corrected chi connectivity index (χ2v) is 6.14. The predicted octanol–water partition coefficient (Wildman–Crippen LogP) is 3.39. The molecule has 5 nitrogen and oxygen atoms in total. The molecule has 5 heteroatoms. The van der Waals surface area contributed by atoms with Crippen molar-refractivity contribution in [2.45, 2.75) is 13.5 Å². The van der Waals surface area contributed by atoms with Crippen LogP contribution < -0.4 is 9.47 Å². The Morgan fingerprint density at radius 1 is 1.00 bits per heavy atom. The molecule has 0 N–H and O–H groups in total. The van der Waals surface area contributed by atoms with Crippen LogP contribution in [0.3, 0.4) is 0 Å². The molecule has 140 valence electrons. The zero-order chi connectivity index (χ0) is 18.8. The molecule has 0 heterocycles. The van der Waals surface area contributed by atoms with Crippen LogP contribution in [-0.2, 0) is 16.1 Å². The van der Waals surface area contributed by atoms with Gasteiger partial charge >= 0.3 is 5.97 Å². The van der Waals surface area contributed by atoms with Gasteiger partial charge in [0.15, 0.2) is 11.5 Å². The minimum atomic E-state index is -0.200. The van der Waals surface area contributed by atoms with E-state index in [0.717, 1.165) is 12.3 Å². The van der Waals surface area contributed by atoms with E-state index in [4.69, 9.17) is 14.2 Å². The summed E-state index contributed by atoms with van der Waals surface area (Å²) in [5, 5.41) is 0. The number of hydrogen-bond donors (Lipinski definition) is 0. The summed E-state index contributed by atoms with van der Waals surface area (Å²) in [6, 6.07) is 17.8. The number of carbonyl (C=O) groups is 1. The summed E-state index contributed by atoms with van der Waals surface area (Å²) in [5.41, 5.74) is 1.20. The van der Waals surface area contributed by atoms with Gasteiger partial charge in [0.1, 0.15) is 6.61 Å². The Labute approximate surface area is 155 Å². The van der Waals surface area contributed by atoms with Crippen LogP contribution in [-0.4, -0.2) is 44.8 Å². The summed E-state index contributed by atoms with van der Waals surface area (Å²) in [4.78, 5) is 14.0. The average molecular weight is 357 g/mol. The van der Waals surface area contributed by atoms with E-state index >= 15 is 0 Å². The van der Waals surface area contributed by atoms with Crippen molar-refractivity contribution >= 4 is 5.97 Å². The summed E-state index contributed by atoms with van der Waals surface area (Å²) >= 11 is 0. The van der Waals surface area contributed by atoms with Gasteiger partial charge in [0.25, 0.3) is 0 Å². The number of hydrogen-bond acceptors (Lipinski definition) is 5. The van der Waals surface area contributed by atoms with Gasteiger partial charge in [0.2, 0.25) is 0 Å². The van der Waals surface area contributed by atoms with Crippen LogP contribution in [0.2, 0.25) is 0 Å². The lowest BCUT2D eigenvalue weighted by molar-refractivity contribution is -0.145. The van der Waals surface area contributed by atoms with Gasteiger partial charge in [-0.2, -0.15) is 0 Å². The number of ether oxygens (including phenoxy) is 3. The molecule has 1 atom stereocenters. The normalized spacial score (nSPS) is 11.8. The maximum Gasteiger partial charge on any atom is 0.309 e. The van der Waals surface area contributed by atoms with Gasteiger partial charge in [0, 0.05) is 19.6 Å². The smallest absolute Gasteiger partial charge is 0.309 e. The lowest BCUT2D eigenvalue weighted by Gasteiger charge is -2.25. The van der Waals surface area contributed by atoms with E-state index in [1.165, 1.54) is 12.7 Å². The van der Waals surface area contributed by atoms with Crippen LogP contribution in [0.4, 0.5) is 0 Å². The minimum absolute atomic E-state index is 0.199. The number of methoxy groups -OCH3 is 2. The van der Waals surface area contributed by atoms with Crippen molar-refractivity contribution in [2.75, 3.05) is 33.9 Å². The van der Waals surface area contributed by atoms with E-state index in [2.05, 4.69) is 17.0 Å².